The minimum absolute atomic E-state index is 0.212. The van der Waals surface area contributed by atoms with Gasteiger partial charge in [-0.05, 0) is 47.9 Å². The molecule has 0 bridgehead atoms. The van der Waals surface area contributed by atoms with Gasteiger partial charge in [-0.3, -0.25) is 0 Å². The molecular weight excluding hydrogens is 406 g/mol. The molecule has 2 aromatic heterocycles. The third-order valence-corrected chi connectivity index (χ3v) is 6.65. The Balaban J connectivity index is 1.67. The summed E-state index contributed by atoms with van der Waals surface area (Å²) in [7, 11) is 0. The average Bonchev–Trinajstić information content (AvgIpc) is 3.02. The van der Waals surface area contributed by atoms with Crippen molar-refractivity contribution in [3.8, 4) is 0 Å². The van der Waals surface area contributed by atoms with Gasteiger partial charge in [0, 0.05) is 13.1 Å². The van der Waals surface area contributed by atoms with Crippen molar-refractivity contribution in [3.05, 3.63) is 51.6 Å². The van der Waals surface area contributed by atoms with Gasteiger partial charge in [0.25, 0.3) is 0 Å². The van der Waals surface area contributed by atoms with Crippen LogP contribution >= 0.6 is 22.9 Å². The van der Waals surface area contributed by atoms with E-state index in [1.165, 1.54) is 17.8 Å². The van der Waals surface area contributed by atoms with E-state index >= 15 is 0 Å². The minimum Gasteiger partial charge on any atom is -0.457 e. The predicted molar refractivity (Wildman–Crippen MR) is 118 cm³/mol. The third kappa shape index (κ3) is 4.23. The van der Waals surface area contributed by atoms with E-state index in [1.54, 1.807) is 0 Å². The molecule has 4 rings (SSSR count). The first-order valence-electron chi connectivity index (χ1n) is 9.85. The van der Waals surface area contributed by atoms with Gasteiger partial charge >= 0.3 is 5.97 Å². The summed E-state index contributed by atoms with van der Waals surface area (Å²) in [5, 5.41) is 1.12. The first kappa shape index (κ1) is 20.1. The van der Waals surface area contributed by atoms with Crippen LogP contribution in [0.5, 0.6) is 0 Å². The van der Waals surface area contributed by atoms with Crippen molar-refractivity contribution in [1.29, 1.82) is 0 Å². The van der Waals surface area contributed by atoms with Crippen molar-refractivity contribution >= 4 is 44.9 Å². The molecule has 0 N–H and O–H groups in total. The quantitative estimate of drug-likeness (QED) is 0.405. The predicted octanol–water partition coefficient (Wildman–Crippen LogP) is 5.49. The topological polar surface area (TPSA) is 55.3 Å². The van der Waals surface area contributed by atoms with Gasteiger partial charge < -0.3 is 9.64 Å². The Morgan fingerprint density at radius 2 is 1.90 bits per heavy atom. The smallest absolute Gasteiger partial charge is 0.349 e. The highest BCUT2D eigenvalue weighted by molar-refractivity contribution is 7.20. The largest absolute Gasteiger partial charge is 0.457 e. The highest BCUT2D eigenvalue weighted by atomic mass is 35.5. The van der Waals surface area contributed by atoms with Crippen LogP contribution < -0.4 is 4.90 Å². The van der Waals surface area contributed by atoms with E-state index in [0.29, 0.717) is 16.7 Å². The molecule has 29 heavy (non-hydrogen) atoms. The second kappa shape index (κ2) is 8.28. The standard InChI is InChI=1S/C22H24ClN3O2S/c1-13-9-14(2)11-26(10-13)19-17-15(3)18(29-20(17)25-22(23)24-19)21(27)28-12-16-7-5-4-6-8-16/h4-8,13-14H,9-12H2,1-3H3. The van der Waals surface area contributed by atoms with Gasteiger partial charge in [-0.2, -0.15) is 4.98 Å². The van der Waals surface area contributed by atoms with Crippen LogP contribution in [-0.2, 0) is 11.3 Å². The van der Waals surface area contributed by atoms with Crippen molar-refractivity contribution < 1.29 is 9.53 Å². The zero-order valence-electron chi connectivity index (χ0n) is 16.8. The Kier molecular flexibility index (Phi) is 5.74. The molecular formula is C22H24ClN3O2S. The van der Waals surface area contributed by atoms with Crippen molar-refractivity contribution in [2.45, 2.75) is 33.8 Å². The van der Waals surface area contributed by atoms with Crippen LogP contribution in [0.2, 0.25) is 5.28 Å². The summed E-state index contributed by atoms with van der Waals surface area (Å²) in [6.45, 7) is 8.56. The van der Waals surface area contributed by atoms with Crippen LogP contribution in [-0.4, -0.2) is 29.0 Å². The molecule has 0 amide bonds. The van der Waals surface area contributed by atoms with Crippen LogP contribution in [0.15, 0.2) is 30.3 Å². The highest BCUT2D eigenvalue weighted by Gasteiger charge is 2.28. The first-order chi connectivity index (χ1) is 13.9. The molecule has 1 fully saturated rings. The van der Waals surface area contributed by atoms with Crippen molar-refractivity contribution in [2.75, 3.05) is 18.0 Å². The second-order valence-electron chi connectivity index (χ2n) is 7.97. The number of hydrogen-bond donors (Lipinski definition) is 0. The number of thiophene rings is 1. The molecule has 2 atom stereocenters. The molecule has 3 aromatic rings. The summed E-state index contributed by atoms with van der Waals surface area (Å²) >= 11 is 7.56. The summed E-state index contributed by atoms with van der Waals surface area (Å²) in [6, 6.07) is 9.67. The molecule has 1 aliphatic heterocycles. The number of halogens is 1. The molecule has 0 radical (unpaired) electrons. The van der Waals surface area contributed by atoms with E-state index < -0.39 is 0 Å². The number of nitrogens with zero attached hydrogens (tertiary/aromatic N) is 3. The van der Waals surface area contributed by atoms with Gasteiger partial charge in [0.15, 0.2) is 0 Å². The SMILES string of the molecule is Cc1c(C(=O)OCc2ccccc2)sc2nc(Cl)nc(N3CC(C)CC(C)C3)c12. The number of fused-ring (bicyclic) bond motifs is 1. The number of carbonyl (C=O) groups excluding carboxylic acids is 1. The number of rotatable bonds is 4. The fraction of sp³-hybridized carbons (Fsp3) is 0.409. The van der Waals surface area contributed by atoms with E-state index in [4.69, 9.17) is 16.3 Å². The Hall–Kier alpha value is -2.18. The number of esters is 1. The monoisotopic (exact) mass is 429 g/mol. The molecule has 0 spiro atoms. The maximum absolute atomic E-state index is 12.8. The number of carbonyl (C=O) groups is 1. The van der Waals surface area contributed by atoms with E-state index in [1.807, 2.05) is 37.3 Å². The Morgan fingerprint density at radius 1 is 1.21 bits per heavy atom. The van der Waals surface area contributed by atoms with E-state index in [2.05, 4.69) is 28.7 Å². The molecule has 3 heterocycles. The summed E-state index contributed by atoms with van der Waals surface area (Å²) < 4.78 is 5.55. The molecule has 2 unspecified atom stereocenters. The van der Waals surface area contributed by atoms with E-state index in [0.717, 1.165) is 40.3 Å². The lowest BCUT2D eigenvalue weighted by Crippen LogP contribution is -2.39. The molecule has 0 saturated carbocycles. The molecule has 7 heteroatoms. The van der Waals surface area contributed by atoms with Crippen molar-refractivity contribution in [3.63, 3.8) is 0 Å². The maximum Gasteiger partial charge on any atom is 0.349 e. The average molecular weight is 430 g/mol. The Labute approximate surface area is 179 Å². The van der Waals surface area contributed by atoms with Crippen LogP contribution in [0.3, 0.4) is 0 Å². The summed E-state index contributed by atoms with van der Waals surface area (Å²) in [6.07, 6.45) is 1.21. The minimum atomic E-state index is -0.336. The molecule has 1 aliphatic rings. The van der Waals surface area contributed by atoms with Gasteiger partial charge in [0.2, 0.25) is 5.28 Å². The fourth-order valence-electron chi connectivity index (χ4n) is 4.14. The summed E-state index contributed by atoms with van der Waals surface area (Å²) in [5.74, 6) is 1.65. The summed E-state index contributed by atoms with van der Waals surface area (Å²) in [4.78, 5) is 25.3. The van der Waals surface area contributed by atoms with Gasteiger partial charge in [-0.1, -0.05) is 44.2 Å². The van der Waals surface area contributed by atoms with Crippen LogP contribution in [0.4, 0.5) is 5.82 Å². The number of piperidine rings is 1. The molecule has 1 aromatic carbocycles. The molecule has 1 saturated heterocycles. The van der Waals surface area contributed by atoms with Gasteiger partial charge in [0.05, 0.1) is 5.39 Å². The third-order valence-electron chi connectivity index (χ3n) is 5.31. The molecule has 152 valence electrons. The number of aryl methyl sites for hydroxylation is 1. The number of ether oxygens (including phenoxy) is 1. The molecule has 0 aliphatic carbocycles. The first-order valence-corrected chi connectivity index (χ1v) is 11.0. The summed E-state index contributed by atoms with van der Waals surface area (Å²) in [5.41, 5.74) is 1.82. The maximum atomic E-state index is 12.8. The number of benzene rings is 1. The Bertz CT molecular complexity index is 1030. The zero-order chi connectivity index (χ0) is 20.5. The van der Waals surface area contributed by atoms with Crippen LogP contribution in [0, 0.1) is 18.8 Å². The number of aromatic nitrogens is 2. The normalized spacial score (nSPS) is 19.5. The second-order valence-corrected chi connectivity index (χ2v) is 9.30. The fourth-order valence-corrected chi connectivity index (χ4v) is 5.42. The van der Waals surface area contributed by atoms with Gasteiger partial charge in [0.1, 0.15) is 22.1 Å². The van der Waals surface area contributed by atoms with Gasteiger partial charge in [-0.15, -0.1) is 11.3 Å². The number of hydrogen-bond acceptors (Lipinski definition) is 6. The highest BCUT2D eigenvalue weighted by Crippen LogP contribution is 2.38. The molecule has 5 nitrogen and oxygen atoms in total. The lowest BCUT2D eigenvalue weighted by Gasteiger charge is -2.36. The van der Waals surface area contributed by atoms with Crippen LogP contribution in [0.25, 0.3) is 10.2 Å². The zero-order valence-corrected chi connectivity index (χ0v) is 18.4. The lowest BCUT2D eigenvalue weighted by atomic mass is 9.92. The Morgan fingerprint density at radius 3 is 2.59 bits per heavy atom. The van der Waals surface area contributed by atoms with Gasteiger partial charge in [-0.25, -0.2) is 9.78 Å². The van der Waals surface area contributed by atoms with E-state index in [9.17, 15) is 4.79 Å². The lowest BCUT2D eigenvalue weighted by molar-refractivity contribution is 0.0478. The van der Waals surface area contributed by atoms with Crippen LogP contribution in [0.1, 0.15) is 41.1 Å². The van der Waals surface area contributed by atoms with E-state index in [-0.39, 0.29) is 17.9 Å². The number of anilines is 1. The van der Waals surface area contributed by atoms with Crippen molar-refractivity contribution in [2.24, 2.45) is 11.8 Å². The van der Waals surface area contributed by atoms with Crippen molar-refractivity contribution in [1.82, 2.24) is 9.97 Å².